The molecule has 0 spiro atoms. The lowest BCUT2D eigenvalue weighted by Gasteiger charge is -2.16. The highest BCUT2D eigenvalue weighted by atomic mass is 32.1. The van der Waals surface area contributed by atoms with Crippen LogP contribution in [0.3, 0.4) is 0 Å². The Hall–Kier alpha value is -0.460. The summed E-state index contributed by atoms with van der Waals surface area (Å²) in [4.78, 5) is 3.42. The fraction of sp³-hybridized carbons (Fsp3) is 0.692. The topological polar surface area (TPSA) is 44.7 Å². The Labute approximate surface area is 114 Å². The van der Waals surface area contributed by atoms with E-state index in [1.165, 1.54) is 4.88 Å². The Kier molecular flexibility index (Phi) is 8.20. The summed E-state index contributed by atoms with van der Waals surface area (Å²) >= 11 is 1.67. The third-order valence-corrected chi connectivity index (χ3v) is 3.57. The van der Waals surface area contributed by atoms with Gasteiger partial charge in [0.15, 0.2) is 0 Å². The van der Waals surface area contributed by atoms with Crippen molar-refractivity contribution >= 4 is 11.3 Å². The van der Waals surface area contributed by atoms with Crippen molar-refractivity contribution in [3.8, 4) is 0 Å². The lowest BCUT2D eigenvalue weighted by Crippen LogP contribution is -2.35. The van der Waals surface area contributed by atoms with Crippen molar-refractivity contribution in [3.05, 3.63) is 22.4 Å². The van der Waals surface area contributed by atoms with Crippen LogP contribution in [-0.2, 0) is 11.3 Å². The Bertz CT molecular complexity index is 293. The first kappa shape index (κ1) is 15.6. The fourth-order valence-electron chi connectivity index (χ4n) is 1.45. The first-order chi connectivity index (χ1) is 8.72. The first-order valence-electron chi connectivity index (χ1n) is 6.39. The van der Waals surface area contributed by atoms with Crippen molar-refractivity contribution < 1.29 is 9.84 Å². The van der Waals surface area contributed by atoms with Gasteiger partial charge in [-0.2, -0.15) is 0 Å². The molecule has 0 aliphatic carbocycles. The van der Waals surface area contributed by atoms with E-state index in [1.807, 2.05) is 17.5 Å². The van der Waals surface area contributed by atoms with Crippen LogP contribution in [0.1, 0.15) is 11.8 Å². The van der Waals surface area contributed by atoms with Gasteiger partial charge >= 0.3 is 0 Å². The number of hydrogen-bond donors (Lipinski definition) is 2. The number of aliphatic hydroxyl groups excluding tert-OH is 1. The van der Waals surface area contributed by atoms with Gasteiger partial charge in [0.1, 0.15) is 0 Å². The standard InChI is InChI=1S/C13H24N2O2S/c1-3-15(2)7-6-14-9-12(16)10-17-11-13-5-4-8-18-13/h4-5,8,12,14,16H,3,6-7,9-11H2,1-2H3. The minimum atomic E-state index is -0.433. The van der Waals surface area contributed by atoms with E-state index in [4.69, 9.17) is 4.74 Å². The van der Waals surface area contributed by atoms with Gasteiger partial charge in [-0.15, -0.1) is 11.3 Å². The van der Waals surface area contributed by atoms with E-state index in [2.05, 4.69) is 24.2 Å². The summed E-state index contributed by atoms with van der Waals surface area (Å²) in [5, 5.41) is 15.0. The Morgan fingerprint density at radius 1 is 1.56 bits per heavy atom. The maximum atomic E-state index is 9.70. The van der Waals surface area contributed by atoms with Gasteiger partial charge in [0, 0.05) is 24.5 Å². The van der Waals surface area contributed by atoms with Gasteiger partial charge in [0.2, 0.25) is 0 Å². The number of likely N-dealkylation sites (N-methyl/N-ethyl adjacent to an activating group) is 1. The molecule has 1 atom stereocenters. The van der Waals surface area contributed by atoms with Crippen LogP contribution in [0.2, 0.25) is 0 Å². The molecule has 0 radical (unpaired) electrons. The molecule has 104 valence electrons. The monoisotopic (exact) mass is 272 g/mol. The molecular weight excluding hydrogens is 248 g/mol. The average Bonchev–Trinajstić information content (AvgIpc) is 2.87. The lowest BCUT2D eigenvalue weighted by atomic mass is 10.3. The van der Waals surface area contributed by atoms with Crippen LogP contribution in [0.5, 0.6) is 0 Å². The van der Waals surface area contributed by atoms with Crippen LogP contribution >= 0.6 is 11.3 Å². The predicted octanol–water partition coefficient (Wildman–Crippen LogP) is 1.17. The molecule has 1 aromatic heterocycles. The number of aliphatic hydroxyl groups is 1. The van der Waals surface area contributed by atoms with Gasteiger partial charge in [-0.25, -0.2) is 0 Å². The van der Waals surface area contributed by atoms with E-state index in [9.17, 15) is 5.11 Å². The zero-order valence-corrected chi connectivity index (χ0v) is 12.1. The first-order valence-corrected chi connectivity index (χ1v) is 7.27. The molecule has 18 heavy (non-hydrogen) atoms. The second-order valence-electron chi connectivity index (χ2n) is 4.35. The number of hydrogen-bond acceptors (Lipinski definition) is 5. The minimum Gasteiger partial charge on any atom is -0.389 e. The Morgan fingerprint density at radius 3 is 3.06 bits per heavy atom. The molecule has 0 saturated carbocycles. The van der Waals surface area contributed by atoms with Crippen molar-refractivity contribution in [1.29, 1.82) is 0 Å². The van der Waals surface area contributed by atoms with Crippen LogP contribution in [-0.4, -0.2) is 55.9 Å². The number of nitrogens with zero attached hydrogens (tertiary/aromatic N) is 1. The summed E-state index contributed by atoms with van der Waals surface area (Å²) in [6.07, 6.45) is -0.433. The van der Waals surface area contributed by atoms with Gasteiger partial charge in [0.25, 0.3) is 0 Å². The van der Waals surface area contributed by atoms with Crippen molar-refractivity contribution in [2.75, 3.05) is 39.8 Å². The average molecular weight is 272 g/mol. The molecule has 0 amide bonds. The summed E-state index contributed by atoms with van der Waals surface area (Å²) in [6, 6.07) is 4.04. The minimum absolute atomic E-state index is 0.383. The molecule has 0 aliphatic heterocycles. The molecule has 0 aromatic carbocycles. The summed E-state index contributed by atoms with van der Waals surface area (Å²) in [6.45, 7) is 6.64. The van der Waals surface area contributed by atoms with Crippen molar-refractivity contribution in [3.63, 3.8) is 0 Å². The molecule has 5 heteroatoms. The zero-order chi connectivity index (χ0) is 13.2. The molecule has 2 N–H and O–H groups in total. The van der Waals surface area contributed by atoms with E-state index >= 15 is 0 Å². The van der Waals surface area contributed by atoms with Gasteiger partial charge in [0.05, 0.1) is 19.3 Å². The number of ether oxygens (including phenoxy) is 1. The SMILES string of the molecule is CCN(C)CCNCC(O)COCc1cccs1. The smallest absolute Gasteiger partial charge is 0.0897 e. The molecule has 1 rings (SSSR count). The highest BCUT2D eigenvalue weighted by Gasteiger charge is 2.04. The van der Waals surface area contributed by atoms with E-state index in [0.29, 0.717) is 19.8 Å². The maximum Gasteiger partial charge on any atom is 0.0897 e. The molecule has 0 aliphatic rings. The lowest BCUT2D eigenvalue weighted by molar-refractivity contribution is 0.0298. The maximum absolute atomic E-state index is 9.70. The van der Waals surface area contributed by atoms with Gasteiger partial charge < -0.3 is 20.1 Å². The predicted molar refractivity (Wildman–Crippen MR) is 76.0 cm³/mol. The normalized spacial score (nSPS) is 13.1. The Balaban J connectivity index is 1.95. The number of rotatable bonds is 10. The van der Waals surface area contributed by atoms with E-state index < -0.39 is 6.10 Å². The third-order valence-electron chi connectivity index (χ3n) is 2.72. The molecule has 4 nitrogen and oxygen atoms in total. The highest BCUT2D eigenvalue weighted by Crippen LogP contribution is 2.09. The second-order valence-corrected chi connectivity index (χ2v) is 5.38. The largest absolute Gasteiger partial charge is 0.389 e. The molecule has 1 unspecified atom stereocenters. The fourth-order valence-corrected chi connectivity index (χ4v) is 2.09. The van der Waals surface area contributed by atoms with Crippen LogP contribution in [0.25, 0.3) is 0 Å². The zero-order valence-electron chi connectivity index (χ0n) is 11.3. The van der Waals surface area contributed by atoms with Crippen LogP contribution in [0.4, 0.5) is 0 Å². The van der Waals surface area contributed by atoms with E-state index in [-0.39, 0.29) is 0 Å². The molecule has 1 aromatic rings. The van der Waals surface area contributed by atoms with Crippen LogP contribution in [0, 0.1) is 0 Å². The summed E-state index contributed by atoms with van der Waals surface area (Å²) < 4.78 is 5.45. The summed E-state index contributed by atoms with van der Waals surface area (Å²) in [5.74, 6) is 0. The molecule has 0 saturated heterocycles. The Morgan fingerprint density at radius 2 is 2.39 bits per heavy atom. The second kappa shape index (κ2) is 9.47. The van der Waals surface area contributed by atoms with Gasteiger partial charge in [-0.1, -0.05) is 13.0 Å². The molecular formula is C13H24N2O2S. The third kappa shape index (κ3) is 7.08. The van der Waals surface area contributed by atoms with Gasteiger partial charge in [-0.3, -0.25) is 0 Å². The highest BCUT2D eigenvalue weighted by molar-refractivity contribution is 7.09. The van der Waals surface area contributed by atoms with Crippen LogP contribution < -0.4 is 5.32 Å². The summed E-state index contributed by atoms with van der Waals surface area (Å²) in [7, 11) is 2.09. The number of nitrogens with one attached hydrogen (secondary N) is 1. The van der Waals surface area contributed by atoms with Crippen LogP contribution in [0.15, 0.2) is 17.5 Å². The van der Waals surface area contributed by atoms with Crippen molar-refractivity contribution in [2.24, 2.45) is 0 Å². The van der Waals surface area contributed by atoms with E-state index in [1.54, 1.807) is 11.3 Å². The van der Waals surface area contributed by atoms with Crippen molar-refractivity contribution in [2.45, 2.75) is 19.6 Å². The molecule has 1 heterocycles. The molecule has 0 bridgehead atoms. The number of thiophene rings is 1. The quantitative estimate of drug-likeness (QED) is 0.628. The summed E-state index contributed by atoms with van der Waals surface area (Å²) in [5.41, 5.74) is 0. The van der Waals surface area contributed by atoms with Crippen molar-refractivity contribution in [1.82, 2.24) is 10.2 Å². The molecule has 0 fully saturated rings. The van der Waals surface area contributed by atoms with E-state index in [0.717, 1.165) is 19.6 Å². The van der Waals surface area contributed by atoms with Gasteiger partial charge in [-0.05, 0) is 25.0 Å².